The monoisotopic (exact) mass is 307 g/mol. The smallest absolute Gasteiger partial charge is 0.123 e. The Morgan fingerprint density at radius 3 is 2.39 bits per heavy atom. The van der Waals surface area contributed by atoms with Crippen molar-refractivity contribution in [2.75, 3.05) is 0 Å². The van der Waals surface area contributed by atoms with Crippen molar-refractivity contribution < 1.29 is 4.39 Å². The molecule has 0 N–H and O–H groups in total. The van der Waals surface area contributed by atoms with Crippen LogP contribution < -0.4 is 0 Å². The van der Waals surface area contributed by atoms with Gasteiger partial charge < -0.3 is 0 Å². The van der Waals surface area contributed by atoms with Crippen molar-refractivity contribution in [2.45, 2.75) is 25.8 Å². The standard InChI is InChI=1S/C19H18FN3/c1-13(14-2-3-14)23-12-18(15-8-10-21-11-9-15)19(22-23)16-4-6-17(20)7-5-16/h4-14H,2-3H2,1H3. The minimum atomic E-state index is -0.231. The summed E-state index contributed by atoms with van der Waals surface area (Å²) in [5.74, 6) is 0.492. The molecular formula is C19H18FN3. The number of benzene rings is 1. The molecule has 2 heterocycles. The lowest BCUT2D eigenvalue weighted by Gasteiger charge is -2.09. The molecule has 1 aromatic carbocycles. The molecule has 1 atom stereocenters. The van der Waals surface area contributed by atoms with Gasteiger partial charge >= 0.3 is 0 Å². The first-order valence-corrected chi connectivity index (χ1v) is 7.98. The molecule has 0 spiro atoms. The van der Waals surface area contributed by atoms with Crippen molar-refractivity contribution in [2.24, 2.45) is 5.92 Å². The summed E-state index contributed by atoms with van der Waals surface area (Å²) in [7, 11) is 0. The van der Waals surface area contributed by atoms with Crippen molar-refractivity contribution in [1.29, 1.82) is 0 Å². The highest BCUT2D eigenvalue weighted by atomic mass is 19.1. The summed E-state index contributed by atoms with van der Waals surface area (Å²) in [5, 5.41) is 4.82. The van der Waals surface area contributed by atoms with Gasteiger partial charge in [0.15, 0.2) is 0 Å². The molecule has 1 unspecified atom stereocenters. The van der Waals surface area contributed by atoms with Gasteiger partial charge in [-0.25, -0.2) is 4.39 Å². The molecule has 4 rings (SSSR count). The zero-order valence-corrected chi connectivity index (χ0v) is 13.0. The highest BCUT2D eigenvalue weighted by Gasteiger charge is 2.30. The van der Waals surface area contributed by atoms with Crippen LogP contribution >= 0.6 is 0 Å². The summed E-state index contributed by atoms with van der Waals surface area (Å²) >= 11 is 0. The molecule has 1 saturated carbocycles. The van der Waals surface area contributed by atoms with Gasteiger partial charge in [-0.15, -0.1) is 0 Å². The number of nitrogens with zero attached hydrogens (tertiary/aromatic N) is 3. The third-order valence-electron chi connectivity index (χ3n) is 4.56. The van der Waals surface area contributed by atoms with Crippen molar-refractivity contribution in [3.8, 4) is 22.4 Å². The fourth-order valence-corrected chi connectivity index (χ4v) is 2.96. The lowest BCUT2D eigenvalue weighted by Crippen LogP contribution is -2.07. The van der Waals surface area contributed by atoms with Gasteiger partial charge in [0.1, 0.15) is 11.5 Å². The molecule has 1 aliphatic rings. The first kappa shape index (κ1) is 14.1. The normalized spacial score (nSPS) is 15.6. The zero-order chi connectivity index (χ0) is 15.8. The number of aromatic nitrogens is 3. The average molecular weight is 307 g/mol. The molecule has 4 heteroatoms. The molecule has 0 bridgehead atoms. The highest BCUT2D eigenvalue weighted by molar-refractivity contribution is 5.80. The van der Waals surface area contributed by atoms with E-state index in [2.05, 4.69) is 22.8 Å². The van der Waals surface area contributed by atoms with Gasteiger partial charge in [-0.3, -0.25) is 9.67 Å². The van der Waals surface area contributed by atoms with Crippen LogP contribution in [0.4, 0.5) is 4.39 Å². The van der Waals surface area contributed by atoms with Gasteiger partial charge in [-0.2, -0.15) is 5.10 Å². The Morgan fingerprint density at radius 2 is 1.74 bits per heavy atom. The summed E-state index contributed by atoms with van der Waals surface area (Å²) in [6.07, 6.45) is 8.23. The van der Waals surface area contributed by atoms with E-state index in [9.17, 15) is 4.39 Å². The second-order valence-electron chi connectivity index (χ2n) is 6.19. The molecule has 0 saturated heterocycles. The lowest BCUT2D eigenvalue weighted by atomic mass is 10.0. The van der Waals surface area contributed by atoms with Crippen LogP contribution in [0.2, 0.25) is 0 Å². The second kappa shape index (κ2) is 5.61. The van der Waals surface area contributed by atoms with E-state index in [4.69, 9.17) is 5.10 Å². The Labute approximate surface area is 134 Å². The molecule has 0 aliphatic heterocycles. The fourth-order valence-electron chi connectivity index (χ4n) is 2.96. The molecule has 2 aromatic heterocycles. The third kappa shape index (κ3) is 2.77. The maximum atomic E-state index is 13.2. The molecule has 0 amide bonds. The average Bonchev–Trinajstić information content (AvgIpc) is 3.34. The maximum absolute atomic E-state index is 13.2. The molecule has 3 aromatic rings. The summed E-state index contributed by atoms with van der Waals surface area (Å²) in [6, 6.07) is 10.9. The predicted octanol–water partition coefficient (Wildman–Crippen LogP) is 4.72. The SMILES string of the molecule is CC(C1CC1)n1cc(-c2ccncc2)c(-c2ccc(F)cc2)n1. The second-order valence-corrected chi connectivity index (χ2v) is 6.19. The number of hydrogen-bond acceptors (Lipinski definition) is 2. The summed E-state index contributed by atoms with van der Waals surface area (Å²) in [6.45, 7) is 2.22. The quantitative estimate of drug-likeness (QED) is 0.698. The molecule has 0 radical (unpaired) electrons. The molecule has 116 valence electrons. The Morgan fingerprint density at radius 1 is 1.04 bits per heavy atom. The van der Waals surface area contributed by atoms with Crippen LogP contribution in [0.1, 0.15) is 25.8 Å². The molecule has 3 nitrogen and oxygen atoms in total. The largest absolute Gasteiger partial charge is 0.268 e. The van der Waals surface area contributed by atoms with Crippen LogP contribution in [0.25, 0.3) is 22.4 Å². The molecular weight excluding hydrogens is 289 g/mol. The number of rotatable bonds is 4. The summed E-state index contributed by atoms with van der Waals surface area (Å²) in [5.41, 5.74) is 3.96. The maximum Gasteiger partial charge on any atom is 0.123 e. The van der Waals surface area contributed by atoms with Crippen LogP contribution in [0.5, 0.6) is 0 Å². The number of halogens is 1. The minimum absolute atomic E-state index is 0.231. The van der Waals surface area contributed by atoms with Gasteiger partial charge in [0, 0.05) is 29.7 Å². The predicted molar refractivity (Wildman–Crippen MR) is 88.3 cm³/mol. The number of pyridine rings is 1. The van der Waals surface area contributed by atoms with Crippen LogP contribution in [0.15, 0.2) is 55.0 Å². The van der Waals surface area contributed by atoms with E-state index in [0.29, 0.717) is 6.04 Å². The van der Waals surface area contributed by atoms with Crippen LogP contribution in [0, 0.1) is 11.7 Å². The Hall–Kier alpha value is -2.49. The Kier molecular flexibility index (Phi) is 3.45. The molecule has 23 heavy (non-hydrogen) atoms. The fraction of sp³-hybridized carbons (Fsp3) is 0.263. The first-order valence-electron chi connectivity index (χ1n) is 7.98. The van der Waals surface area contributed by atoms with Crippen molar-refractivity contribution in [1.82, 2.24) is 14.8 Å². The van der Waals surface area contributed by atoms with Crippen LogP contribution in [-0.2, 0) is 0 Å². The van der Waals surface area contributed by atoms with Crippen molar-refractivity contribution in [3.05, 3.63) is 60.8 Å². The van der Waals surface area contributed by atoms with E-state index in [1.807, 2.05) is 12.1 Å². The van der Waals surface area contributed by atoms with E-state index in [1.54, 1.807) is 24.5 Å². The molecule has 1 fully saturated rings. The van der Waals surface area contributed by atoms with Gasteiger partial charge in [0.2, 0.25) is 0 Å². The molecule has 1 aliphatic carbocycles. The Balaban J connectivity index is 1.83. The van der Waals surface area contributed by atoms with E-state index in [-0.39, 0.29) is 5.82 Å². The lowest BCUT2D eigenvalue weighted by molar-refractivity contribution is 0.441. The van der Waals surface area contributed by atoms with E-state index in [0.717, 1.165) is 28.3 Å². The highest BCUT2D eigenvalue weighted by Crippen LogP contribution is 2.41. The van der Waals surface area contributed by atoms with Gasteiger partial charge in [-0.05, 0) is 67.6 Å². The van der Waals surface area contributed by atoms with Crippen LogP contribution in [0.3, 0.4) is 0 Å². The van der Waals surface area contributed by atoms with E-state index >= 15 is 0 Å². The zero-order valence-electron chi connectivity index (χ0n) is 13.0. The Bertz CT molecular complexity index is 804. The van der Waals surface area contributed by atoms with Crippen LogP contribution in [-0.4, -0.2) is 14.8 Å². The summed E-state index contributed by atoms with van der Waals surface area (Å²) in [4.78, 5) is 4.09. The van der Waals surface area contributed by atoms with Gasteiger partial charge in [-0.1, -0.05) is 0 Å². The van der Waals surface area contributed by atoms with E-state index < -0.39 is 0 Å². The van der Waals surface area contributed by atoms with E-state index in [1.165, 1.54) is 25.0 Å². The van der Waals surface area contributed by atoms with Gasteiger partial charge in [0.05, 0.1) is 6.04 Å². The van der Waals surface area contributed by atoms with Crippen molar-refractivity contribution >= 4 is 0 Å². The topological polar surface area (TPSA) is 30.7 Å². The third-order valence-corrected chi connectivity index (χ3v) is 4.56. The van der Waals surface area contributed by atoms with Crippen molar-refractivity contribution in [3.63, 3.8) is 0 Å². The number of hydrogen-bond donors (Lipinski definition) is 0. The van der Waals surface area contributed by atoms with Gasteiger partial charge in [0.25, 0.3) is 0 Å². The first-order chi connectivity index (χ1) is 11.2. The minimum Gasteiger partial charge on any atom is -0.268 e. The summed E-state index contributed by atoms with van der Waals surface area (Å²) < 4.78 is 15.3.